The first-order chi connectivity index (χ1) is 8.71. The summed E-state index contributed by atoms with van der Waals surface area (Å²) in [4.78, 5) is 3.64. The maximum atomic E-state index is 12.2. The molecule has 0 aliphatic carbocycles. The molecule has 0 aliphatic heterocycles. The number of rotatable bonds is 2. The van der Waals surface area contributed by atoms with Crippen LogP contribution in [0.4, 0.5) is 13.2 Å². The van der Waals surface area contributed by atoms with E-state index in [1.165, 1.54) is 12.1 Å². The van der Waals surface area contributed by atoms with E-state index in [4.69, 9.17) is 11.6 Å². The smallest absolute Gasteiger partial charge is 0.354 e. The van der Waals surface area contributed by atoms with Gasteiger partial charge in [0.05, 0.1) is 5.52 Å². The number of benzene rings is 1. The van der Waals surface area contributed by atoms with E-state index in [2.05, 4.69) is 9.17 Å². The van der Waals surface area contributed by atoms with Gasteiger partial charge in [-0.25, -0.2) is 4.98 Å². The van der Waals surface area contributed by atoms with Crippen molar-refractivity contribution in [3.63, 3.8) is 0 Å². The summed E-state index contributed by atoms with van der Waals surface area (Å²) >= 11 is 5.64. The molecule has 0 bridgehead atoms. The number of hydrogen-bond donors (Lipinski definition) is 0. The minimum absolute atomic E-state index is 0.263. The molecule has 1 aromatic carbocycles. The number of pyridine rings is 1. The molecule has 0 radical (unpaired) electrons. The van der Waals surface area contributed by atoms with Crippen molar-refractivity contribution >= 4 is 32.6 Å². The first kappa shape index (κ1) is 13.9. The molecule has 4 nitrogen and oxygen atoms in total. The second-order valence-corrected chi connectivity index (χ2v) is 5.40. The Labute approximate surface area is 110 Å². The number of hydrogen-bond acceptors (Lipinski definition) is 4. The quantitative estimate of drug-likeness (QED) is 0.631. The van der Waals surface area contributed by atoms with Crippen LogP contribution < -0.4 is 4.18 Å². The highest BCUT2D eigenvalue weighted by molar-refractivity contribution is 7.88. The zero-order valence-electron chi connectivity index (χ0n) is 8.98. The lowest BCUT2D eigenvalue weighted by Crippen LogP contribution is -2.28. The topological polar surface area (TPSA) is 56.3 Å². The van der Waals surface area contributed by atoms with Crippen molar-refractivity contribution in [2.24, 2.45) is 0 Å². The first-order valence-corrected chi connectivity index (χ1v) is 6.55. The lowest BCUT2D eigenvalue weighted by Gasteiger charge is -2.10. The molecule has 0 atom stereocenters. The highest BCUT2D eigenvalue weighted by atomic mass is 35.5. The highest BCUT2D eigenvalue weighted by Crippen LogP contribution is 2.31. The van der Waals surface area contributed by atoms with Crippen molar-refractivity contribution in [3.05, 3.63) is 35.4 Å². The molecule has 0 aliphatic rings. The van der Waals surface area contributed by atoms with Crippen LogP contribution in [-0.4, -0.2) is 18.9 Å². The molecule has 0 saturated carbocycles. The highest BCUT2D eigenvalue weighted by Gasteiger charge is 2.49. The van der Waals surface area contributed by atoms with Crippen molar-refractivity contribution in [2.75, 3.05) is 0 Å². The van der Waals surface area contributed by atoms with E-state index >= 15 is 0 Å². The molecule has 0 unspecified atom stereocenters. The number of alkyl halides is 3. The maximum absolute atomic E-state index is 12.2. The Morgan fingerprint density at radius 2 is 1.84 bits per heavy atom. The average molecular weight is 312 g/mol. The molecule has 1 heterocycles. The van der Waals surface area contributed by atoms with Gasteiger partial charge >= 0.3 is 15.6 Å². The van der Waals surface area contributed by atoms with Crippen molar-refractivity contribution in [2.45, 2.75) is 5.51 Å². The summed E-state index contributed by atoms with van der Waals surface area (Å²) in [5.74, 6) is -0.808. The molecule has 1 aromatic heterocycles. The van der Waals surface area contributed by atoms with Crippen LogP contribution in [-0.2, 0) is 10.1 Å². The Bertz CT molecular complexity index is 730. The third-order valence-corrected chi connectivity index (χ3v) is 3.33. The van der Waals surface area contributed by atoms with E-state index in [9.17, 15) is 21.6 Å². The molecule has 0 amide bonds. The Morgan fingerprint density at radius 1 is 1.21 bits per heavy atom. The van der Waals surface area contributed by atoms with E-state index < -0.39 is 21.5 Å². The van der Waals surface area contributed by atoms with Crippen molar-refractivity contribution in [3.8, 4) is 5.88 Å². The minimum Gasteiger partial charge on any atom is -0.354 e. The monoisotopic (exact) mass is 311 g/mol. The van der Waals surface area contributed by atoms with Crippen LogP contribution in [0, 0.1) is 0 Å². The normalized spacial score (nSPS) is 12.6. The molecule has 2 rings (SSSR count). The van der Waals surface area contributed by atoms with E-state index in [0.717, 1.165) is 0 Å². The van der Waals surface area contributed by atoms with Gasteiger partial charge in [-0.1, -0.05) is 29.8 Å². The van der Waals surface area contributed by atoms with Crippen LogP contribution in [0.1, 0.15) is 0 Å². The summed E-state index contributed by atoms with van der Waals surface area (Å²) in [5, 5.41) is 0.218. The lowest BCUT2D eigenvalue weighted by atomic mass is 10.2. The third kappa shape index (κ3) is 2.74. The summed E-state index contributed by atoms with van der Waals surface area (Å²) < 4.78 is 62.2. The zero-order valence-corrected chi connectivity index (χ0v) is 10.6. The van der Waals surface area contributed by atoms with Gasteiger partial charge in [-0.2, -0.15) is 21.6 Å². The molecule has 2 aromatic rings. The predicted molar refractivity (Wildman–Crippen MR) is 62.4 cm³/mol. The summed E-state index contributed by atoms with van der Waals surface area (Å²) in [6.45, 7) is 0. The summed E-state index contributed by atoms with van der Waals surface area (Å²) in [6, 6.07) is 7.64. The van der Waals surface area contributed by atoms with E-state index in [0.29, 0.717) is 5.39 Å². The molecular weight excluding hydrogens is 307 g/mol. The average Bonchev–Trinajstić information content (AvgIpc) is 2.28. The van der Waals surface area contributed by atoms with Gasteiger partial charge in [-0.15, -0.1) is 0 Å². The zero-order chi connectivity index (χ0) is 14.3. The van der Waals surface area contributed by atoms with Crippen LogP contribution in [0.25, 0.3) is 10.9 Å². The summed E-state index contributed by atoms with van der Waals surface area (Å²) in [5.41, 5.74) is -5.27. The van der Waals surface area contributed by atoms with Crippen LogP contribution in [0.5, 0.6) is 5.88 Å². The fraction of sp³-hybridized carbons (Fsp3) is 0.100. The van der Waals surface area contributed by atoms with E-state index in [1.807, 2.05) is 0 Å². The largest absolute Gasteiger partial charge is 0.534 e. The molecule has 0 spiro atoms. The van der Waals surface area contributed by atoms with Gasteiger partial charge in [0.1, 0.15) is 5.02 Å². The SMILES string of the molecule is O=S(=O)(Oc1nc2ccccc2cc1Cl)C(F)(F)F. The molecule has 9 heteroatoms. The number of para-hydroxylation sites is 1. The van der Waals surface area contributed by atoms with Crippen molar-refractivity contribution < 1.29 is 25.8 Å². The Hall–Kier alpha value is -1.54. The Balaban J connectivity index is 2.50. The molecule has 0 fully saturated rings. The van der Waals surface area contributed by atoms with E-state index in [-0.39, 0.29) is 10.5 Å². The standard InChI is InChI=1S/C10H5ClF3NO3S/c11-7-5-6-3-1-2-4-8(6)15-9(7)18-19(16,17)10(12,13)14/h1-5H. The predicted octanol–water partition coefficient (Wildman–Crippen LogP) is 3.12. The van der Waals surface area contributed by atoms with Crippen LogP contribution >= 0.6 is 11.6 Å². The Kier molecular flexibility index (Phi) is 3.31. The van der Waals surface area contributed by atoms with Gasteiger partial charge in [0.2, 0.25) is 0 Å². The second-order valence-electron chi connectivity index (χ2n) is 3.45. The van der Waals surface area contributed by atoms with Crippen molar-refractivity contribution in [1.29, 1.82) is 0 Å². The van der Waals surface area contributed by atoms with Crippen LogP contribution in [0.15, 0.2) is 30.3 Å². The molecular formula is C10H5ClF3NO3S. The van der Waals surface area contributed by atoms with Gasteiger partial charge in [-0.3, -0.25) is 0 Å². The van der Waals surface area contributed by atoms with Crippen molar-refractivity contribution in [1.82, 2.24) is 4.98 Å². The molecule has 0 saturated heterocycles. The first-order valence-electron chi connectivity index (χ1n) is 4.77. The Morgan fingerprint density at radius 3 is 2.47 bits per heavy atom. The van der Waals surface area contributed by atoms with Gasteiger partial charge < -0.3 is 4.18 Å². The molecule has 0 N–H and O–H groups in total. The molecule has 19 heavy (non-hydrogen) atoms. The maximum Gasteiger partial charge on any atom is 0.534 e. The number of fused-ring (bicyclic) bond motifs is 1. The fourth-order valence-electron chi connectivity index (χ4n) is 1.28. The number of halogens is 4. The van der Waals surface area contributed by atoms with Gasteiger partial charge in [-0.05, 0) is 12.1 Å². The molecule has 102 valence electrons. The third-order valence-electron chi connectivity index (χ3n) is 2.12. The summed E-state index contributed by atoms with van der Waals surface area (Å²) in [6.07, 6.45) is 0. The summed E-state index contributed by atoms with van der Waals surface area (Å²) in [7, 11) is -5.79. The van der Waals surface area contributed by atoms with Gasteiger partial charge in [0, 0.05) is 5.39 Å². The van der Waals surface area contributed by atoms with Crippen LogP contribution in [0.3, 0.4) is 0 Å². The number of nitrogens with zero attached hydrogens (tertiary/aromatic N) is 1. The van der Waals surface area contributed by atoms with Gasteiger partial charge in [0.25, 0.3) is 5.88 Å². The fourth-order valence-corrected chi connectivity index (χ4v) is 1.96. The number of aromatic nitrogens is 1. The van der Waals surface area contributed by atoms with Gasteiger partial charge in [0.15, 0.2) is 0 Å². The lowest BCUT2D eigenvalue weighted by molar-refractivity contribution is -0.0501. The van der Waals surface area contributed by atoms with Crippen LogP contribution in [0.2, 0.25) is 5.02 Å². The minimum atomic E-state index is -5.79. The van der Waals surface area contributed by atoms with E-state index in [1.54, 1.807) is 18.2 Å². The second kappa shape index (κ2) is 4.53.